The third-order valence-electron chi connectivity index (χ3n) is 6.02. The molecule has 1 unspecified atom stereocenters. The van der Waals surface area contributed by atoms with Crippen LogP contribution in [0, 0.1) is 5.41 Å². The highest BCUT2D eigenvalue weighted by Crippen LogP contribution is 2.41. The van der Waals surface area contributed by atoms with Crippen LogP contribution in [0.4, 0.5) is 0 Å². The smallest absolute Gasteiger partial charge is 0.0484 e. The minimum atomic E-state index is 0.226. The summed E-state index contributed by atoms with van der Waals surface area (Å²) in [4.78, 5) is 2.70. The van der Waals surface area contributed by atoms with Gasteiger partial charge in [-0.2, -0.15) is 0 Å². The Balaban J connectivity index is 2.01. The average molecular weight is 268 g/mol. The second-order valence-corrected chi connectivity index (χ2v) is 6.59. The van der Waals surface area contributed by atoms with E-state index in [2.05, 4.69) is 18.7 Å². The summed E-state index contributed by atoms with van der Waals surface area (Å²) >= 11 is 0. The SMILES string of the molecule is CCC1(CC)CCN(C2(CN)CCCOCC2)CC1. The van der Waals surface area contributed by atoms with E-state index in [4.69, 9.17) is 10.5 Å². The molecule has 2 saturated heterocycles. The molecule has 1 atom stereocenters. The van der Waals surface area contributed by atoms with Crippen molar-refractivity contribution in [3.8, 4) is 0 Å². The van der Waals surface area contributed by atoms with Crippen molar-refractivity contribution in [3.05, 3.63) is 0 Å². The first kappa shape index (κ1) is 15.3. The van der Waals surface area contributed by atoms with Gasteiger partial charge in [0.2, 0.25) is 0 Å². The van der Waals surface area contributed by atoms with E-state index in [-0.39, 0.29) is 5.54 Å². The maximum atomic E-state index is 6.17. The fourth-order valence-electron chi connectivity index (χ4n) is 4.05. The zero-order valence-corrected chi connectivity index (χ0v) is 12.9. The molecule has 0 spiro atoms. The van der Waals surface area contributed by atoms with Gasteiger partial charge in [0.05, 0.1) is 0 Å². The van der Waals surface area contributed by atoms with Crippen LogP contribution in [0.15, 0.2) is 0 Å². The predicted octanol–water partition coefficient (Wildman–Crippen LogP) is 2.79. The molecule has 0 aromatic rings. The highest BCUT2D eigenvalue weighted by Gasteiger charge is 2.41. The molecular formula is C16H32N2O. The van der Waals surface area contributed by atoms with Crippen molar-refractivity contribution in [3.63, 3.8) is 0 Å². The number of hydrogen-bond donors (Lipinski definition) is 1. The summed E-state index contributed by atoms with van der Waals surface area (Å²) in [6.07, 6.45) is 8.86. The Kier molecular flexibility index (Phi) is 5.27. The van der Waals surface area contributed by atoms with Crippen molar-refractivity contribution >= 4 is 0 Å². The van der Waals surface area contributed by atoms with Gasteiger partial charge < -0.3 is 10.5 Å². The summed E-state index contributed by atoms with van der Waals surface area (Å²) in [6.45, 7) is 9.79. The third-order valence-corrected chi connectivity index (χ3v) is 6.02. The first-order chi connectivity index (χ1) is 9.20. The lowest BCUT2D eigenvalue weighted by atomic mass is 9.72. The predicted molar refractivity (Wildman–Crippen MR) is 80.3 cm³/mol. The van der Waals surface area contributed by atoms with Gasteiger partial charge in [-0.3, -0.25) is 4.90 Å². The Labute approximate surface area is 118 Å². The Morgan fingerprint density at radius 2 is 1.68 bits per heavy atom. The first-order valence-electron chi connectivity index (χ1n) is 8.23. The van der Waals surface area contributed by atoms with Gasteiger partial charge in [0.25, 0.3) is 0 Å². The minimum absolute atomic E-state index is 0.226. The number of hydrogen-bond acceptors (Lipinski definition) is 3. The summed E-state index contributed by atoms with van der Waals surface area (Å²) in [6, 6.07) is 0. The van der Waals surface area contributed by atoms with E-state index in [1.54, 1.807) is 0 Å². The molecule has 0 radical (unpaired) electrons. The highest BCUT2D eigenvalue weighted by molar-refractivity contribution is 4.96. The Hall–Kier alpha value is -0.120. The quantitative estimate of drug-likeness (QED) is 0.852. The van der Waals surface area contributed by atoms with Crippen molar-refractivity contribution < 1.29 is 4.74 Å². The highest BCUT2D eigenvalue weighted by atomic mass is 16.5. The molecular weight excluding hydrogens is 236 g/mol. The zero-order chi connectivity index (χ0) is 13.8. The molecule has 2 rings (SSSR count). The summed E-state index contributed by atoms with van der Waals surface area (Å²) in [5, 5.41) is 0. The molecule has 2 aliphatic heterocycles. The lowest BCUT2D eigenvalue weighted by Crippen LogP contribution is -2.57. The van der Waals surface area contributed by atoms with Crippen LogP contribution < -0.4 is 5.73 Å². The molecule has 2 heterocycles. The van der Waals surface area contributed by atoms with E-state index < -0.39 is 0 Å². The van der Waals surface area contributed by atoms with Crippen molar-refractivity contribution in [1.82, 2.24) is 4.90 Å². The zero-order valence-electron chi connectivity index (χ0n) is 12.9. The van der Waals surface area contributed by atoms with Gasteiger partial charge >= 0.3 is 0 Å². The van der Waals surface area contributed by atoms with Gasteiger partial charge in [-0.1, -0.05) is 26.7 Å². The van der Waals surface area contributed by atoms with Gasteiger partial charge in [-0.15, -0.1) is 0 Å². The van der Waals surface area contributed by atoms with Gasteiger partial charge in [0.1, 0.15) is 0 Å². The molecule has 3 heteroatoms. The molecule has 3 nitrogen and oxygen atoms in total. The molecule has 0 aliphatic carbocycles. The van der Waals surface area contributed by atoms with Crippen molar-refractivity contribution in [2.24, 2.45) is 11.1 Å². The second kappa shape index (κ2) is 6.55. The number of nitrogens with two attached hydrogens (primary N) is 1. The summed E-state index contributed by atoms with van der Waals surface area (Å²) in [5.74, 6) is 0. The molecule has 0 amide bonds. The van der Waals surface area contributed by atoms with E-state index in [1.807, 2.05) is 0 Å². The standard InChI is InChI=1S/C16H32N2O/c1-3-15(4-2)7-10-18(11-8-15)16(14-17)6-5-12-19-13-9-16/h3-14,17H2,1-2H3. The van der Waals surface area contributed by atoms with Crippen LogP contribution in [0.5, 0.6) is 0 Å². The Morgan fingerprint density at radius 1 is 1.00 bits per heavy atom. The van der Waals surface area contributed by atoms with Gasteiger partial charge in [-0.05, 0) is 50.6 Å². The lowest BCUT2D eigenvalue weighted by Gasteiger charge is -2.49. The molecule has 112 valence electrons. The van der Waals surface area contributed by atoms with Gasteiger partial charge in [-0.25, -0.2) is 0 Å². The van der Waals surface area contributed by atoms with E-state index >= 15 is 0 Å². The fourth-order valence-corrected chi connectivity index (χ4v) is 4.05. The molecule has 0 bridgehead atoms. The minimum Gasteiger partial charge on any atom is -0.381 e. The topological polar surface area (TPSA) is 38.5 Å². The molecule has 0 aromatic heterocycles. The lowest BCUT2D eigenvalue weighted by molar-refractivity contribution is 0.00489. The maximum Gasteiger partial charge on any atom is 0.0484 e. The summed E-state index contributed by atoms with van der Waals surface area (Å²) in [5.41, 5.74) is 7.00. The van der Waals surface area contributed by atoms with E-state index in [0.29, 0.717) is 5.41 Å². The van der Waals surface area contributed by atoms with Crippen LogP contribution in [0.2, 0.25) is 0 Å². The van der Waals surface area contributed by atoms with Crippen LogP contribution in [0.3, 0.4) is 0 Å². The van der Waals surface area contributed by atoms with Crippen LogP contribution in [-0.4, -0.2) is 43.3 Å². The molecule has 2 N–H and O–H groups in total. The van der Waals surface area contributed by atoms with Crippen molar-refractivity contribution in [1.29, 1.82) is 0 Å². The van der Waals surface area contributed by atoms with E-state index in [0.717, 1.165) is 26.2 Å². The molecule has 0 saturated carbocycles. The van der Waals surface area contributed by atoms with Gasteiger partial charge in [0, 0.05) is 25.3 Å². The number of piperidine rings is 1. The van der Waals surface area contributed by atoms with Crippen molar-refractivity contribution in [2.45, 2.75) is 64.3 Å². The Morgan fingerprint density at radius 3 is 2.26 bits per heavy atom. The van der Waals surface area contributed by atoms with Gasteiger partial charge in [0.15, 0.2) is 0 Å². The fraction of sp³-hybridized carbons (Fsp3) is 1.00. The van der Waals surface area contributed by atoms with Crippen LogP contribution in [-0.2, 0) is 4.74 Å². The number of ether oxygens (including phenoxy) is 1. The van der Waals surface area contributed by atoms with Crippen LogP contribution in [0.25, 0.3) is 0 Å². The first-order valence-corrected chi connectivity index (χ1v) is 8.23. The molecule has 19 heavy (non-hydrogen) atoms. The number of likely N-dealkylation sites (tertiary alicyclic amines) is 1. The monoisotopic (exact) mass is 268 g/mol. The molecule has 2 aliphatic rings. The van der Waals surface area contributed by atoms with Crippen LogP contribution >= 0.6 is 0 Å². The largest absolute Gasteiger partial charge is 0.381 e. The second-order valence-electron chi connectivity index (χ2n) is 6.59. The normalized spacial score (nSPS) is 33.0. The van der Waals surface area contributed by atoms with Crippen LogP contribution in [0.1, 0.15) is 58.8 Å². The summed E-state index contributed by atoms with van der Waals surface area (Å²) < 4.78 is 5.64. The molecule has 2 fully saturated rings. The number of rotatable bonds is 4. The van der Waals surface area contributed by atoms with E-state index in [9.17, 15) is 0 Å². The van der Waals surface area contributed by atoms with Crippen molar-refractivity contribution in [2.75, 3.05) is 32.8 Å². The van der Waals surface area contributed by atoms with E-state index in [1.165, 1.54) is 51.6 Å². The Bertz CT molecular complexity index is 258. The summed E-state index contributed by atoms with van der Waals surface area (Å²) in [7, 11) is 0. The number of nitrogens with zero attached hydrogens (tertiary/aromatic N) is 1. The maximum absolute atomic E-state index is 6.17. The third kappa shape index (κ3) is 3.14. The molecule has 0 aromatic carbocycles. The average Bonchev–Trinajstić information content (AvgIpc) is 2.74.